The summed E-state index contributed by atoms with van der Waals surface area (Å²) in [6.07, 6.45) is -4.32. The summed E-state index contributed by atoms with van der Waals surface area (Å²) in [5, 5.41) is 0. The minimum atomic E-state index is -4.80. The Morgan fingerprint density at radius 3 is 2.70 bits per heavy atom. The van der Waals surface area contributed by atoms with Gasteiger partial charge in [-0.25, -0.2) is 4.79 Å². The molecule has 9 nitrogen and oxygen atoms in total. The van der Waals surface area contributed by atoms with Crippen LogP contribution in [0.2, 0.25) is 0 Å². The zero-order valence-corrected chi connectivity index (χ0v) is 16.2. The van der Waals surface area contributed by atoms with Crippen molar-refractivity contribution >= 4 is 11.2 Å². The van der Waals surface area contributed by atoms with E-state index in [1.165, 1.54) is 36.9 Å². The number of nitrogens with zero attached hydrogens (tertiary/aromatic N) is 3. The molecule has 0 saturated carbocycles. The number of H-pyrrole nitrogens is 1. The van der Waals surface area contributed by atoms with Gasteiger partial charge in [-0.3, -0.25) is 13.9 Å². The number of ether oxygens (including phenoxy) is 3. The van der Waals surface area contributed by atoms with Crippen LogP contribution in [-0.4, -0.2) is 39.2 Å². The van der Waals surface area contributed by atoms with Gasteiger partial charge in [0.15, 0.2) is 11.2 Å². The lowest BCUT2D eigenvalue weighted by Crippen LogP contribution is -2.39. The number of fused-ring (bicyclic) bond motifs is 1. The van der Waals surface area contributed by atoms with Crippen LogP contribution in [0.3, 0.4) is 0 Å². The van der Waals surface area contributed by atoms with Crippen LogP contribution >= 0.6 is 0 Å². The Kier molecular flexibility index (Phi) is 6.15. The van der Waals surface area contributed by atoms with Gasteiger partial charge >= 0.3 is 12.1 Å². The zero-order chi connectivity index (χ0) is 21.9. The number of aromatic nitrogens is 4. The van der Waals surface area contributed by atoms with E-state index >= 15 is 0 Å². The van der Waals surface area contributed by atoms with E-state index in [4.69, 9.17) is 9.47 Å². The number of rotatable bonds is 8. The molecule has 0 aliphatic rings. The molecule has 0 bridgehead atoms. The highest BCUT2D eigenvalue weighted by Gasteiger charge is 2.31. The Hall–Kier alpha value is -3.28. The van der Waals surface area contributed by atoms with Crippen molar-refractivity contribution in [2.24, 2.45) is 7.05 Å². The Morgan fingerprint density at radius 1 is 1.23 bits per heavy atom. The molecule has 3 aromatic rings. The first-order valence-electron chi connectivity index (χ1n) is 8.85. The van der Waals surface area contributed by atoms with E-state index in [1.54, 1.807) is 6.07 Å². The van der Waals surface area contributed by atoms with Crippen LogP contribution in [0.1, 0.15) is 12.0 Å². The molecule has 0 aliphatic heterocycles. The minimum absolute atomic E-state index is 0.0473. The quantitative estimate of drug-likeness (QED) is 0.551. The topological polar surface area (TPSA) is 100 Å². The van der Waals surface area contributed by atoms with Crippen LogP contribution in [-0.2, 0) is 24.9 Å². The molecule has 0 radical (unpaired) electrons. The normalized spacial score (nSPS) is 11.8. The van der Waals surface area contributed by atoms with Crippen LogP contribution in [0, 0.1) is 0 Å². The van der Waals surface area contributed by atoms with Crippen LogP contribution in [0.4, 0.5) is 13.2 Å². The van der Waals surface area contributed by atoms with Crippen molar-refractivity contribution in [3.8, 4) is 11.8 Å². The SMILES string of the molecule is COCCCn1c(=O)c2[nH]c(OCc3cccc(OC(F)(F)F)c3)nc2n(C)c1=O. The highest BCUT2D eigenvalue weighted by molar-refractivity contribution is 5.70. The highest BCUT2D eigenvalue weighted by atomic mass is 19.4. The number of hydrogen-bond acceptors (Lipinski definition) is 6. The Bertz CT molecular complexity index is 1150. The maximum atomic E-state index is 12.6. The highest BCUT2D eigenvalue weighted by Crippen LogP contribution is 2.23. The van der Waals surface area contributed by atoms with Gasteiger partial charge in [-0.1, -0.05) is 12.1 Å². The molecule has 30 heavy (non-hydrogen) atoms. The Balaban J connectivity index is 1.82. The maximum Gasteiger partial charge on any atom is 0.573 e. The van der Waals surface area contributed by atoms with E-state index in [2.05, 4.69) is 14.7 Å². The summed E-state index contributed by atoms with van der Waals surface area (Å²) in [5.41, 5.74) is -0.496. The standard InChI is InChI=1S/C18H19F3N4O5/c1-24-14-13(15(26)25(17(24)27)7-4-8-28-2)22-16(23-14)29-10-11-5-3-6-12(9-11)30-18(19,20)21/h3,5-6,9H,4,7-8,10H2,1-2H3,(H,22,23). The van der Waals surface area contributed by atoms with Gasteiger partial charge in [0.05, 0.1) is 0 Å². The van der Waals surface area contributed by atoms with Gasteiger partial charge in [-0.15, -0.1) is 13.2 Å². The molecule has 162 valence electrons. The van der Waals surface area contributed by atoms with Gasteiger partial charge in [0.25, 0.3) is 11.6 Å². The zero-order valence-electron chi connectivity index (χ0n) is 16.2. The second kappa shape index (κ2) is 8.61. The molecule has 1 aromatic carbocycles. The number of aryl methyl sites for hydroxylation is 1. The number of nitrogens with one attached hydrogen (secondary N) is 1. The van der Waals surface area contributed by atoms with Gasteiger partial charge in [-0.2, -0.15) is 4.98 Å². The average molecular weight is 428 g/mol. The third-order valence-electron chi connectivity index (χ3n) is 4.20. The summed E-state index contributed by atoms with van der Waals surface area (Å²) in [7, 11) is 2.99. The molecular formula is C18H19F3N4O5. The van der Waals surface area contributed by atoms with E-state index in [9.17, 15) is 22.8 Å². The number of methoxy groups -OCH3 is 1. The van der Waals surface area contributed by atoms with Gasteiger partial charge in [0.1, 0.15) is 12.4 Å². The molecule has 0 spiro atoms. The van der Waals surface area contributed by atoms with Crippen molar-refractivity contribution < 1.29 is 27.4 Å². The number of imidazole rings is 1. The van der Waals surface area contributed by atoms with Crippen LogP contribution in [0.15, 0.2) is 33.9 Å². The average Bonchev–Trinajstić information content (AvgIpc) is 3.11. The molecule has 0 fully saturated rings. The molecular weight excluding hydrogens is 409 g/mol. The van der Waals surface area contributed by atoms with Crippen molar-refractivity contribution in [1.29, 1.82) is 0 Å². The third kappa shape index (κ3) is 4.82. The molecule has 0 unspecified atom stereocenters. The number of aromatic amines is 1. The predicted molar refractivity (Wildman–Crippen MR) is 99.5 cm³/mol. The molecule has 2 heterocycles. The second-order valence-corrected chi connectivity index (χ2v) is 6.37. The Morgan fingerprint density at radius 2 is 2.00 bits per heavy atom. The summed E-state index contributed by atoms with van der Waals surface area (Å²) < 4.78 is 53.6. The fraction of sp³-hybridized carbons (Fsp3) is 0.389. The molecule has 0 atom stereocenters. The molecule has 2 aromatic heterocycles. The lowest BCUT2D eigenvalue weighted by molar-refractivity contribution is -0.274. The van der Waals surface area contributed by atoms with Crippen molar-refractivity contribution in [3.63, 3.8) is 0 Å². The molecule has 0 aliphatic carbocycles. The van der Waals surface area contributed by atoms with Crippen molar-refractivity contribution in [1.82, 2.24) is 19.1 Å². The lowest BCUT2D eigenvalue weighted by atomic mass is 10.2. The minimum Gasteiger partial charge on any atom is -0.460 e. The van der Waals surface area contributed by atoms with E-state index in [0.29, 0.717) is 18.6 Å². The predicted octanol–water partition coefficient (Wildman–Crippen LogP) is 1.94. The monoisotopic (exact) mass is 428 g/mol. The largest absolute Gasteiger partial charge is 0.573 e. The fourth-order valence-corrected chi connectivity index (χ4v) is 2.84. The van der Waals surface area contributed by atoms with Crippen LogP contribution in [0.5, 0.6) is 11.8 Å². The smallest absolute Gasteiger partial charge is 0.460 e. The number of alkyl halides is 3. The van der Waals surface area contributed by atoms with Crippen LogP contribution in [0.25, 0.3) is 11.2 Å². The summed E-state index contributed by atoms with van der Waals surface area (Å²) in [5.74, 6) is -0.380. The number of hydrogen-bond donors (Lipinski definition) is 1. The van der Waals surface area contributed by atoms with Crippen molar-refractivity contribution in [3.05, 3.63) is 50.7 Å². The van der Waals surface area contributed by atoms with E-state index in [0.717, 1.165) is 4.57 Å². The number of benzene rings is 1. The first kappa shape index (κ1) is 21.4. The molecule has 12 heteroatoms. The maximum absolute atomic E-state index is 12.6. The Labute approximate surface area is 167 Å². The molecule has 1 N–H and O–H groups in total. The first-order valence-corrected chi connectivity index (χ1v) is 8.85. The summed E-state index contributed by atoms with van der Waals surface area (Å²) in [4.78, 5) is 31.9. The van der Waals surface area contributed by atoms with Crippen molar-refractivity contribution in [2.45, 2.75) is 25.9 Å². The summed E-state index contributed by atoms with van der Waals surface area (Å²) in [6.45, 7) is 0.434. The number of halogens is 3. The van der Waals surface area contributed by atoms with Gasteiger partial charge in [0, 0.05) is 27.3 Å². The second-order valence-electron chi connectivity index (χ2n) is 6.37. The van der Waals surface area contributed by atoms with Gasteiger partial charge < -0.3 is 19.2 Å². The molecule has 3 rings (SSSR count). The third-order valence-corrected chi connectivity index (χ3v) is 4.20. The molecule has 0 amide bonds. The lowest BCUT2D eigenvalue weighted by Gasteiger charge is -2.10. The molecule has 0 saturated heterocycles. The fourth-order valence-electron chi connectivity index (χ4n) is 2.84. The van der Waals surface area contributed by atoms with Crippen LogP contribution < -0.4 is 20.7 Å². The van der Waals surface area contributed by atoms with E-state index in [-0.39, 0.29) is 36.1 Å². The van der Waals surface area contributed by atoms with Gasteiger partial charge in [0.2, 0.25) is 0 Å². The van der Waals surface area contributed by atoms with Crippen molar-refractivity contribution in [2.75, 3.05) is 13.7 Å². The first-order chi connectivity index (χ1) is 14.2. The summed E-state index contributed by atoms with van der Waals surface area (Å²) >= 11 is 0. The van der Waals surface area contributed by atoms with E-state index < -0.39 is 17.6 Å². The summed E-state index contributed by atoms with van der Waals surface area (Å²) in [6, 6.07) is 5.23. The van der Waals surface area contributed by atoms with E-state index in [1.807, 2.05) is 0 Å². The van der Waals surface area contributed by atoms with Gasteiger partial charge in [-0.05, 0) is 24.1 Å².